The van der Waals surface area contributed by atoms with E-state index in [1.54, 1.807) is 0 Å². The summed E-state index contributed by atoms with van der Waals surface area (Å²) in [6.07, 6.45) is 7.60. The van der Waals surface area contributed by atoms with Gasteiger partial charge in [0, 0.05) is 19.0 Å². The minimum Gasteiger partial charge on any atom is -0.450 e. The number of carbonyl (C=O) groups is 2. The van der Waals surface area contributed by atoms with Crippen molar-refractivity contribution < 1.29 is 14.3 Å². The highest BCUT2D eigenvalue weighted by Crippen LogP contribution is 2.32. The fourth-order valence-corrected chi connectivity index (χ4v) is 5.84. The van der Waals surface area contributed by atoms with Gasteiger partial charge in [0.1, 0.15) is 11.0 Å². The minimum absolute atomic E-state index is 0.00847. The molecule has 0 radical (unpaired) electrons. The Labute approximate surface area is 210 Å². The smallest absolute Gasteiger partial charge is 0.407 e. The van der Waals surface area contributed by atoms with Crippen molar-refractivity contribution >= 4 is 35.0 Å². The highest BCUT2D eigenvalue weighted by atomic mass is 32.1. The maximum Gasteiger partial charge on any atom is 0.407 e. The quantitative estimate of drug-likeness (QED) is 0.196. The zero-order valence-corrected chi connectivity index (χ0v) is 22.3. The van der Waals surface area contributed by atoms with E-state index in [9.17, 15) is 9.59 Å². The molecule has 0 aromatic rings. The third kappa shape index (κ3) is 7.82. The SMILES string of the molecule is CCCOC(=O)N[C@H](C(=S)N1CCC[C@H]1C(=O)NCC1CCC(C(=N)N)CC1)C(C)(C)CCC. The van der Waals surface area contributed by atoms with Gasteiger partial charge in [0.15, 0.2) is 0 Å². The number of amides is 2. The van der Waals surface area contributed by atoms with Crippen molar-refractivity contribution in [3.63, 3.8) is 0 Å². The number of nitrogens with one attached hydrogen (secondary N) is 3. The first-order valence-electron chi connectivity index (χ1n) is 13.0. The third-order valence-electron chi connectivity index (χ3n) is 7.31. The summed E-state index contributed by atoms with van der Waals surface area (Å²) in [5, 5.41) is 13.8. The molecule has 0 bridgehead atoms. The lowest BCUT2D eigenvalue weighted by molar-refractivity contribution is -0.124. The van der Waals surface area contributed by atoms with E-state index in [1.807, 2.05) is 11.8 Å². The van der Waals surface area contributed by atoms with E-state index in [2.05, 4.69) is 31.4 Å². The Morgan fingerprint density at radius 3 is 2.44 bits per heavy atom. The van der Waals surface area contributed by atoms with Crippen LogP contribution in [0.25, 0.3) is 0 Å². The fraction of sp³-hybridized carbons (Fsp3) is 0.840. The van der Waals surface area contributed by atoms with Crippen LogP contribution in [0.2, 0.25) is 0 Å². The second-order valence-corrected chi connectivity index (χ2v) is 11.0. The van der Waals surface area contributed by atoms with Crippen molar-refractivity contribution in [3.8, 4) is 0 Å². The zero-order valence-electron chi connectivity index (χ0n) is 21.5. The van der Waals surface area contributed by atoms with E-state index in [0.29, 0.717) is 30.6 Å². The Bertz CT molecular complexity index is 721. The number of hydrogen-bond acceptors (Lipinski definition) is 5. The summed E-state index contributed by atoms with van der Waals surface area (Å²) in [6, 6.07) is -0.698. The van der Waals surface area contributed by atoms with Crippen LogP contribution >= 0.6 is 12.2 Å². The largest absolute Gasteiger partial charge is 0.450 e. The Kier molecular flexibility index (Phi) is 11.1. The molecule has 5 N–H and O–H groups in total. The molecule has 34 heavy (non-hydrogen) atoms. The first kappa shape index (κ1) is 28.3. The van der Waals surface area contributed by atoms with E-state index < -0.39 is 6.09 Å². The van der Waals surface area contributed by atoms with Crippen molar-refractivity contribution in [2.45, 2.75) is 97.6 Å². The van der Waals surface area contributed by atoms with E-state index in [0.717, 1.165) is 57.8 Å². The predicted molar refractivity (Wildman–Crippen MR) is 140 cm³/mol. The van der Waals surface area contributed by atoms with Gasteiger partial charge in [-0.05, 0) is 62.7 Å². The Hall–Kier alpha value is -1.90. The predicted octanol–water partition coefficient (Wildman–Crippen LogP) is 3.97. The summed E-state index contributed by atoms with van der Waals surface area (Å²) < 4.78 is 5.28. The number of amidine groups is 1. The number of thiocarbonyl (C=S) groups is 1. The lowest BCUT2D eigenvalue weighted by atomic mass is 9.79. The molecule has 2 atom stereocenters. The van der Waals surface area contributed by atoms with Crippen LogP contribution in [0.3, 0.4) is 0 Å². The molecule has 1 saturated heterocycles. The first-order chi connectivity index (χ1) is 16.1. The monoisotopic (exact) mass is 495 g/mol. The van der Waals surface area contributed by atoms with Crippen LogP contribution < -0.4 is 16.4 Å². The topological polar surface area (TPSA) is 121 Å². The molecule has 1 heterocycles. The molecular weight excluding hydrogens is 450 g/mol. The average molecular weight is 496 g/mol. The second kappa shape index (κ2) is 13.3. The molecule has 2 amide bonds. The molecule has 0 aromatic heterocycles. The van der Waals surface area contributed by atoms with Gasteiger partial charge in [0.25, 0.3) is 0 Å². The normalized spacial score (nSPS) is 23.8. The highest BCUT2D eigenvalue weighted by molar-refractivity contribution is 7.80. The van der Waals surface area contributed by atoms with Crippen molar-refractivity contribution in [1.82, 2.24) is 15.5 Å². The molecule has 1 aliphatic heterocycles. The lowest BCUT2D eigenvalue weighted by Crippen LogP contribution is -2.57. The summed E-state index contributed by atoms with van der Waals surface area (Å²) >= 11 is 5.92. The van der Waals surface area contributed by atoms with Crippen molar-refractivity contribution in [1.29, 1.82) is 5.41 Å². The van der Waals surface area contributed by atoms with Crippen molar-refractivity contribution in [2.24, 2.45) is 23.0 Å². The molecule has 2 fully saturated rings. The van der Waals surface area contributed by atoms with Gasteiger partial charge in [0.2, 0.25) is 5.91 Å². The van der Waals surface area contributed by atoms with Crippen molar-refractivity contribution in [3.05, 3.63) is 0 Å². The van der Waals surface area contributed by atoms with Crippen LogP contribution in [0, 0.1) is 22.7 Å². The number of alkyl carbamates (subject to hydrolysis) is 1. The van der Waals surface area contributed by atoms with Crippen LogP contribution in [0.15, 0.2) is 0 Å². The van der Waals surface area contributed by atoms with Gasteiger partial charge in [-0.3, -0.25) is 10.2 Å². The van der Waals surface area contributed by atoms with E-state index >= 15 is 0 Å². The van der Waals surface area contributed by atoms with E-state index in [-0.39, 0.29) is 35.2 Å². The summed E-state index contributed by atoms with van der Waals surface area (Å²) in [5.41, 5.74) is 5.38. The molecule has 8 nitrogen and oxygen atoms in total. The maximum atomic E-state index is 13.2. The maximum absolute atomic E-state index is 13.2. The van der Waals surface area contributed by atoms with Crippen molar-refractivity contribution in [2.75, 3.05) is 19.7 Å². The number of carbonyl (C=O) groups excluding carboxylic acids is 2. The van der Waals surface area contributed by atoms with E-state index in [1.165, 1.54) is 0 Å². The summed E-state index contributed by atoms with van der Waals surface area (Å²) in [6.45, 7) is 10.0. The number of nitrogens with two attached hydrogens (primary N) is 1. The Morgan fingerprint density at radius 2 is 1.85 bits per heavy atom. The third-order valence-corrected chi connectivity index (χ3v) is 7.78. The molecule has 2 rings (SSSR count). The number of likely N-dealkylation sites (tertiary alicyclic amines) is 1. The summed E-state index contributed by atoms with van der Waals surface area (Å²) in [5.74, 6) is 0.904. The van der Waals surface area contributed by atoms with Crippen LogP contribution in [0.5, 0.6) is 0 Å². The zero-order chi connectivity index (χ0) is 25.3. The van der Waals surface area contributed by atoms with Gasteiger partial charge >= 0.3 is 6.09 Å². The lowest BCUT2D eigenvalue weighted by Gasteiger charge is -2.39. The van der Waals surface area contributed by atoms with Gasteiger partial charge in [-0.15, -0.1) is 0 Å². The van der Waals surface area contributed by atoms with Gasteiger partial charge < -0.3 is 26.0 Å². The van der Waals surface area contributed by atoms with Crippen LogP contribution in [0.4, 0.5) is 4.79 Å². The molecule has 0 aromatic carbocycles. The van der Waals surface area contributed by atoms with Gasteiger partial charge in [-0.25, -0.2) is 4.79 Å². The fourth-order valence-electron chi connectivity index (χ4n) is 5.24. The van der Waals surface area contributed by atoms with Gasteiger partial charge in [-0.1, -0.05) is 46.3 Å². The number of rotatable bonds is 11. The number of hydrogen-bond donors (Lipinski definition) is 4. The Morgan fingerprint density at radius 1 is 1.18 bits per heavy atom. The molecule has 1 aliphatic carbocycles. The van der Waals surface area contributed by atoms with Crippen LogP contribution in [-0.4, -0.2) is 59.5 Å². The first-order valence-corrected chi connectivity index (χ1v) is 13.4. The molecule has 194 valence electrons. The van der Waals surface area contributed by atoms with E-state index in [4.69, 9.17) is 28.1 Å². The molecular formula is C25H45N5O3S. The second-order valence-electron chi connectivity index (χ2n) is 10.6. The minimum atomic E-state index is -0.459. The molecule has 0 unspecified atom stereocenters. The summed E-state index contributed by atoms with van der Waals surface area (Å²) in [7, 11) is 0. The van der Waals surface area contributed by atoms with Crippen LogP contribution in [-0.2, 0) is 9.53 Å². The van der Waals surface area contributed by atoms with Gasteiger partial charge in [-0.2, -0.15) is 0 Å². The Balaban J connectivity index is 2.01. The molecule has 1 saturated carbocycles. The highest BCUT2D eigenvalue weighted by Gasteiger charge is 2.41. The number of ether oxygens (including phenoxy) is 1. The average Bonchev–Trinajstić information content (AvgIpc) is 3.29. The molecule has 9 heteroatoms. The van der Waals surface area contributed by atoms with Gasteiger partial charge in [0.05, 0.1) is 18.5 Å². The van der Waals surface area contributed by atoms with Crippen LogP contribution in [0.1, 0.15) is 85.5 Å². The molecule has 2 aliphatic rings. The standard InChI is InChI=1S/C25H45N5O3S/c1-5-13-25(3,4)20(29-24(32)33-15-6-2)23(34)30-14-7-8-19(30)22(31)28-16-17-9-11-18(12-10-17)21(26)27/h17-20H,5-16H2,1-4H3,(H3,26,27)(H,28,31)(H,29,32)/t17?,18?,19-,20+/m0/s1. The number of nitrogens with zero attached hydrogens (tertiary/aromatic N) is 1. The molecule has 0 spiro atoms. The summed E-state index contributed by atoms with van der Waals surface area (Å²) in [4.78, 5) is 28.2.